The molecule has 2 unspecified atom stereocenters. The van der Waals surface area contributed by atoms with Crippen molar-refractivity contribution < 1.29 is 19.1 Å². The van der Waals surface area contributed by atoms with Crippen LogP contribution >= 0.6 is 0 Å². The van der Waals surface area contributed by atoms with Crippen molar-refractivity contribution in [2.45, 2.75) is 32.2 Å². The number of piperidine rings is 1. The molecule has 2 aromatic rings. The van der Waals surface area contributed by atoms with Crippen LogP contribution in [0.5, 0.6) is 5.75 Å². The van der Waals surface area contributed by atoms with Gasteiger partial charge >= 0.3 is 5.97 Å². The Morgan fingerprint density at radius 3 is 2.61 bits per heavy atom. The molecule has 7 heteroatoms. The maximum atomic E-state index is 13.5. The Morgan fingerprint density at radius 2 is 1.85 bits per heavy atom. The minimum Gasteiger partial charge on any atom is -0.496 e. The Labute approximate surface area is 195 Å². The normalized spacial score (nSPS) is 20.9. The number of carbonyl (C=O) groups is 2. The molecule has 0 spiro atoms. The Bertz CT molecular complexity index is 1010. The lowest BCUT2D eigenvalue weighted by Gasteiger charge is -2.32. The lowest BCUT2D eigenvalue weighted by Crippen LogP contribution is -2.44. The summed E-state index contributed by atoms with van der Waals surface area (Å²) in [5.74, 6) is 0.320. The third kappa shape index (κ3) is 5.25. The van der Waals surface area contributed by atoms with Gasteiger partial charge in [-0.1, -0.05) is 42.5 Å². The minimum absolute atomic E-state index is 0.0711. The number of nitrogens with zero attached hydrogens (tertiary/aromatic N) is 3. The van der Waals surface area contributed by atoms with Gasteiger partial charge in [0.2, 0.25) is 0 Å². The SMILES string of the molecule is CCOC(=O)C1CCCN(CC(=O)N2N=C(c3ccccc3OC)CC2c2ccccc2)C1. The van der Waals surface area contributed by atoms with Gasteiger partial charge in [-0.3, -0.25) is 14.5 Å². The molecule has 2 aromatic carbocycles. The van der Waals surface area contributed by atoms with Gasteiger partial charge in [0.05, 0.1) is 37.9 Å². The zero-order valence-electron chi connectivity index (χ0n) is 19.3. The predicted molar refractivity (Wildman–Crippen MR) is 126 cm³/mol. The zero-order chi connectivity index (χ0) is 23.2. The van der Waals surface area contributed by atoms with Crippen molar-refractivity contribution in [1.29, 1.82) is 0 Å². The van der Waals surface area contributed by atoms with E-state index in [9.17, 15) is 9.59 Å². The first kappa shape index (κ1) is 23.0. The Morgan fingerprint density at radius 1 is 1.09 bits per heavy atom. The van der Waals surface area contributed by atoms with Gasteiger partial charge in [-0.25, -0.2) is 5.01 Å². The number of amides is 1. The van der Waals surface area contributed by atoms with Crippen LogP contribution in [0, 0.1) is 5.92 Å². The summed E-state index contributed by atoms with van der Waals surface area (Å²) in [5, 5.41) is 6.39. The molecule has 33 heavy (non-hydrogen) atoms. The second-order valence-corrected chi connectivity index (χ2v) is 8.44. The number of methoxy groups -OCH3 is 1. The van der Waals surface area contributed by atoms with Gasteiger partial charge in [-0.2, -0.15) is 5.10 Å². The number of hydrazone groups is 1. The van der Waals surface area contributed by atoms with Gasteiger partial charge in [0.25, 0.3) is 5.91 Å². The quantitative estimate of drug-likeness (QED) is 0.604. The van der Waals surface area contributed by atoms with E-state index in [0.29, 0.717) is 19.6 Å². The molecular formula is C26H31N3O4. The number of benzene rings is 2. The lowest BCUT2D eigenvalue weighted by atomic mass is 9.97. The van der Waals surface area contributed by atoms with Gasteiger partial charge < -0.3 is 9.47 Å². The summed E-state index contributed by atoms with van der Waals surface area (Å²) in [4.78, 5) is 27.7. The first-order chi connectivity index (χ1) is 16.1. The molecule has 0 N–H and O–H groups in total. The number of ether oxygens (including phenoxy) is 2. The monoisotopic (exact) mass is 449 g/mol. The number of rotatable bonds is 7. The second-order valence-electron chi connectivity index (χ2n) is 8.44. The molecule has 2 aliphatic rings. The first-order valence-corrected chi connectivity index (χ1v) is 11.6. The number of hydrogen-bond donors (Lipinski definition) is 0. The van der Waals surface area contributed by atoms with E-state index in [4.69, 9.17) is 14.6 Å². The predicted octanol–water partition coefficient (Wildman–Crippen LogP) is 3.65. The van der Waals surface area contributed by atoms with Crippen molar-refractivity contribution >= 4 is 17.6 Å². The number of carbonyl (C=O) groups excluding carboxylic acids is 2. The fourth-order valence-corrected chi connectivity index (χ4v) is 4.64. The molecule has 2 aliphatic heterocycles. The summed E-state index contributed by atoms with van der Waals surface area (Å²) in [6.07, 6.45) is 2.28. The number of hydrogen-bond acceptors (Lipinski definition) is 6. The number of esters is 1. The van der Waals surface area contributed by atoms with E-state index >= 15 is 0 Å². The lowest BCUT2D eigenvalue weighted by molar-refractivity contribution is -0.150. The molecule has 0 bridgehead atoms. The molecule has 1 amide bonds. The summed E-state index contributed by atoms with van der Waals surface area (Å²) >= 11 is 0. The van der Waals surface area contributed by atoms with Crippen molar-refractivity contribution in [3.8, 4) is 5.75 Å². The molecule has 0 saturated carbocycles. The van der Waals surface area contributed by atoms with E-state index < -0.39 is 0 Å². The highest BCUT2D eigenvalue weighted by atomic mass is 16.5. The molecule has 0 aromatic heterocycles. The van der Waals surface area contributed by atoms with E-state index in [1.807, 2.05) is 66.4 Å². The third-order valence-corrected chi connectivity index (χ3v) is 6.25. The molecule has 1 saturated heterocycles. The van der Waals surface area contributed by atoms with Gasteiger partial charge in [0.1, 0.15) is 5.75 Å². The number of likely N-dealkylation sites (tertiary alicyclic amines) is 1. The van der Waals surface area contributed by atoms with Crippen LogP contribution in [0.4, 0.5) is 0 Å². The number of para-hydroxylation sites is 1. The standard InChI is InChI=1S/C26H31N3O4/c1-3-33-26(31)20-12-9-15-28(17-20)18-25(30)29-23(19-10-5-4-6-11-19)16-22(27-29)21-13-7-8-14-24(21)32-2/h4-8,10-11,13-14,20,23H,3,9,12,15-18H2,1-2H3. The van der Waals surface area contributed by atoms with E-state index in [-0.39, 0.29) is 30.4 Å². The highest BCUT2D eigenvalue weighted by Crippen LogP contribution is 2.35. The summed E-state index contributed by atoms with van der Waals surface area (Å²) in [6.45, 7) is 3.74. The largest absolute Gasteiger partial charge is 0.496 e. The van der Waals surface area contributed by atoms with Crippen LogP contribution in [0.15, 0.2) is 59.7 Å². The summed E-state index contributed by atoms with van der Waals surface area (Å²) < 4.78 is 10.7. The topological polar surface area (TPSA) is 71.4 Å². The zero-order valence-corrected chi connectivity index (χ0v) is 19.3. The third-order valence-electron chi connectivity index (χ3n) is 6.25. The maximum Gasteiger partial charge on any atom is 0.310 e. The van der Waals surface area contributed by atoms with Gasteiger partial charge in [-0.05, 0) is 44.0 Å². The van der Waals surface area contributed by atoms with E-state index in [1.54, 1.807) is 12.1 Å². The molecule has 0 aliphatic carbocycles. The van der Waals surface area contributed by atoms with Crippen molar-refractivity contribution in [3.05, 3.63) is 65.7 Å². The van der Waals surface area contributed by atoms with Crippen molar-refractivity contribution in [2.24, 2.45) is 11.0 Å². The molecule has 7 nitrogen and oxygen atoms in total. The minimum atomic E-state index is -0.178. The van der Waals surface area contributed by atoms with Crippen LogP contribution in [0.2, 0.25) is 0 Å². The fourth-order valence-electron chi connectivity index (χ4n) is 4.64. The Hall–Kier alpha value is -3.19. The van der Waals surface area contributed by atoms with Crippen LogP contribution in [0.25, 0.3) is 0 Å². The second kappa shape index (κ2) is 10.6. The maximum absolute atomic E-state index is 13.5. The molecule has 0 radical (unpaired) electrons. The van der Waals surface area contributed by atoms with E-state index in [1.165, 1.54) is 0 Å². The van der Waals surface area contributed by atoms with Crippen molar-refractivity contribution in [2.75, 3.05) is 33.4 Å². The molecule has 4 rings (SSSR count). The van der Waals surface area contributed by atoms with Crippen molar-refractivity contribution in [1.82, 2.24) is 9.91 Å². The first-order valence-electron chi connectivity index (χ1n) is 11.6. The highest BCUT2D eigenvalue weighted by molar-refractivity contribution is 6.05. The summed E-state index contributed by atoms with van der Waals surface area (Å²) in [5.41, 5.74) is 2.77. The molecule has 174 valence electrons. The Balaban J connectivity index is 1.55. The average molecular weight is 450 g/mol. The summed E-state index contributed by atoms with van der Waals surface area (Å²) in [7, 11) is 1.64. The van der Waals surface area contributed by atoms with E-state index in [2.05, 4.69) is 0 Å². The summed E-state index contributed by atoms with van der Waals surface area (Å²) in [6, 6.07) is 17.6. The average Bonchev–Trinajstić information content (AvgIpc) is 3.30. The molecule has 2 atom stereocenters. The highest BCUT2D eigenvalue weighted by Gasteiger charge is 2.35. The Kier molecular flexibility index (Phi) is 7.40. The van der Waals surface area contributed by atoms with Crippen LogP contribution in [0.1, 0.15) is 43.4 Å². The van der Waals surface area contributed by atoms with Crippen molar-refractivity contribution in [3.63, 3.8) is 0 Å². The van der Waals surface area contributed by atoms with Gasteiger partial charge in [0, 0.05) is 18.5 Å². The van der Waals surface area contributed by atoms with Gasteiger partial charge in [-0.15, -0.1) is 0 Å². The fraction of sp³-hybridized carbons (Fsp3) is 0.423. The smallest absolute Gasteiger partial charge is 0.310 e. The van der Waals surface area contributed by atoms with Crippen LogP contribution in [0.3, 0.4) is 0 Å². The van der Waals surface area contributed by atoms with Crippen LogP contribution < -0.4 is 4.74 Å². The van der Waals surface area contributed by atoms with Gasteiger partial charge in [0.15, 0.2) is 0 Å². The molecular weight excluding hydrogens is 418 g/mol. The molecule has 2 heterocycles. The van der Waals surface area contributed by atoms with Crippen LogP contribution in [-0.2, 0) is 14.3 Å². The van der Waals surface area contributed by atoms with Crippen LogP contribution in [-0.4, -0.2) is 60.8 Å². The molecule has 1 fully saturated rings. The van der Waals surface area contributed by atoms with E-state index in [0.717, 1.165) is 42.0 Å².